The van der Waals surface area contributed by atoms with Crippen LogP contribution < -0.4 is 0 Å². The van der Waals surface area contributed by atoms with Gasteiger partial charge >= 0.3 is 0 Å². The Hall–Kier alpha value is -1.02. The molecule has 6 nitrogen and oxygen atoms in total. The summed E-state index contributed by atoms with van der Waals surface area (Å²) in [5, 5.41) is 7.90. The van der Waals surface area contributed by atoms with E-state index in [-0.39, 0.29) is 11.2 Å². The molecule has 0 amide bonds. The summed E-state index contributed by atoms with van der Waals surface area (Å²) in [4.78, 5) is 26.6. The van der Waals surface area contributed by atoms with Crippen LogP contribution >= 0.6 is 0 Å². The van der Waals surface area contributed by atoms with Crippen molar-refractivity contribution in [3.05, 3.63) is 35.4 Å². The summed E-state index contributed by atoms with van der Waals surface area (Å²) in [5.41, 5.74) is -0.437. The molecular formula is C24H44O6. The summed E-state index contributed by atoms with van der Waals surface area (Å²) in [5.74, 6) is 0. The molecule has 0 saturated carbocycles. The lowest BCUT2D eigenvalue weighted by Crippen LogP contribution is -2.34. The predicted octanol–water partition coefficient (Wildman–Crippen LogP) is 6.92. The van der Waals surface area contributed by atoms with Crippen LogP contribution in [-0.4, -0.2) is 22.1 Å². The first-order valence-corrected chi connectivity index (χ1v) is 10.4. The molecule has 0 unspecified atom stereocenters. The van der Waals surface area contributed by atoms with Gasteiger partial charge in [-0.1, -0.05) is 24.3 Å². The summed E-state index contributed by atoms with van der Waals surface area (Å²) in [7, 11) is 0. The van der Waals surface area contributed by atoms with Gasteiger partial charge in [-0.3, -0.25) is 5.26 Å². The minimum absolute atomic E-state index is 0.381. The monoisotopic (exact) mass is 428 g/mol. The molecule has 0 atom stereocenters. The molecule has 1 aromatic rings. The van der Waals surface area contributed by atoms with Crippen LogP contribution in [0.3, 0.4) is 0 Å². The highest BCUT2D eigenvalue weighted by Gasteiger charge is 2.35. The third-order valence-electron chi connectivity index (χ3n) is 3.50. The Morgan fingerprint density at radius 1 is 0.500 bits per heavy atom. The van der Waals surface area contributed by atoms with Gasteiger partial charge in [-0.2, -0.15) is 0 Å². The highest BCUT2D eigenvalue weighted by molar-refractivity contribution is 5.35. The van der Waals surface area contributed by atoms with Crippen LogP contribution in [-0.2, 0) is 35.6 Å². The summed E-state index contributed by atoms with van der Waals surface area (Å²) < 4.78 is 0. The highest BCUT2D eigenvalue weighted by Crippen LogP contribution is 2.37. The van der Waals surface area contributed by atoms with Gasteiger partial charge in [-0.05, 0) is 101 Å². The van der Waals surface area contributed by atoms with Gasteiger partial charge in [0.1, 0.15) is 11.2 Å². The van der Waals surface area contributed by atoms with E-state index in [2.05, 4.69) is 4.89 Å². The Kier molecular flexibility index (Phi) is 10.2. The Morgan fingerprint density at radius 2 is 0.767 bits per heavy atom. The highest BCUT2D eigenvalue weighted by atomic mass is 17.2. The Bertz CT molecular complexity index is 581. The maximum Gasteiger partial charge on any atom is 0.123 e. The normalized spacial score (nSPS) is 13.7. The third-order valence-corrected chi connectivity index (χ3v) is 3.50. The molecule has 0 aliphatic rings. The van der Waals surface area contributed by atoms with E-state index in [0.717, 1.165) is 11.1 Å². The first-order chi connectivity index (χ1) is 13.2. The van der Waals surface area contributed by atoms with Crippen molar-refractivity contribution >= 4 is 0 Å². The lowest BCUT2D eigenvalue weighted by molar-refractivity contribution is -0.407. The molecule has 1 rings (SSSR count). The van der Waals surface area contributed by atoms with E-state index >= 15 is 0 Å². The fourth-order valence-corrected chi connectivity index (χ4v) is 2.08. The number of hydrogen-bond acceptors (Lipinski definition) is 6. The molecule has 0 aliphatic heterocycles. The van der Waals surface area contributed by atoms with Crippen molar-refractivity contribution in [2.45, 2.75) is 118 Å². The minimum atomic E-state index is -0.633. The molecule has 0 heterocycles. The minimum Gasteiger partial charge on any atom is -0.251 e. The lowest BCUT2D eigenvalue weighted by atomic mass is 9.85. The van der Waals surface area contributed by atoms with E-state index in [0.29, 0.717) is 0 Å². The molecule has 0 aromatic heterocycles. The van der Waals surface area contributed by atoms with Crippen molar-refractivity contribution < 1.29 is 29.7 Å². The second kappa shape index (κ2) is 10.5. The zero-order chi connectivity index (χ0) is 24.0. The van der Waals surface area contributed by atoms with Crippen LogP contribution in [0.2, 0.25) is 0 Å². The zero-order valence-corrected chi connectivity index (χ0v) is 21.3. The average Bonchev–Trinajstić information content (AvgIpc) is 2.57. The van der Waals surface area contributed by atoms with Gasteiger partial charge in [0.25, 0.3) is 0 Å². The first kappa shape index (κ1) is 29.0. The van der Waals surface area contributed by atoms with Crippen LogP contribution in [0.1, 0.15) is 101 Å². The van der Waals surface area contributed by atoms with Crippen molar-refractivity contribution in [1.82, 2.24) is 0 Å². The van der Waals surface area contributed by atoms with E-state index < -0.39 is 16.8 Å². The molecule has 1 aromatic carbocycles. The van der Waals surface area contributed by atoms with E-state index in [1.165, 1.54) is 0 Å². The maximum atomic E-state index is 7.90. The molecular weight excluding hydrogens is 384 g/mol. The molecule has 1 N–H and O–H groups in total. The van der Waals surface area contributed by atoms with Crippen LogP contribution in [0.5, 0.6) is 0 Å². The fraction of sp³-hybridized carbons (Fsp3) is 0.750. The van der Waals surface area contributed by atoms with Gasteiger partial charge in [-0.15, -0.1) is 0 Å². The van der Waals surface area contributed by atoms with Crippen molar-refractivity contribution in [2.24, 2.45) is 0 Å². The smallest absolute Gasteiger partial charge is 0.123 e. The molecule has 0 radical (unpaired) electrons. The van der Waals surface area contributed by atoms with Gasteiger partial charge in [0, 0.05) is 0 Å². The number of benzene rings is 1. The molecule has 0 fully saturated rings. The Balaban J connectivity index is 0.00000122. The Labute approximate surface area is 183 Å². The van der Waals surface area contributed by atoms with Crippen LogP contribution in [0, 0.1) is 0 Å². The molecule has 30 heavy (non-hydrogen) atoms. The van der Waals surface area contributed by atoms with Gasteiger partial charge in [0.15, 0.2) is 0 Å². The summed E-state index contributed by atoms with van der Waals surface area (Å²) in [6.45, 7) is 25.0. The largest absolute Gasteiger partial charge is 0.251 e. The standard InChI is InChI=1S/C20H34O4.C4H10O2/c1-17(2,3)21-23-19(7,8)15-13-11-12-14-16(15)20(9,10)24-22-18(4,5)6;1-4(2,3)6-5/h11-14H,1-10H3;5H,1-3H3. The molecule has 176 valence electrons. The molecule has 0 saturated heterocycles. The number of rotatable bonds is 6. The van der Waals surface area contributed by atoms with Gasteiger partial charge in [0.2, 0.25) is 0 Å². The maximum absolute atomic E-state index is 7.90. The van der Waals surface area contributed by atoms with E-state index in [4.69, 9.17) is 24.8 Å². The lowest BCUT2D eigenvalue weighted by Gasteiger charge is -2.35. The fourth-order valence-electron chi connectivity index (χ4n) is 2.08. The zero-order valence-electron chi connectivity index (χ0n) is 21.3. The average molecular weight is 429 g/mol. The van der Waals surface area contributed by atoms with Crippen LogP contribution in [0.25, 0.3) is 0 Å². The van der Waals surface area contributed by atoms with E-state index in [9.17, 15) is 0 Å². The van der Waals surface area contributed by atoms with E-state index in [1.807, 2.05) is 93.5 Å². The Morgan fingerprint density at radius 3 is 0.967 bits per heavy atom. The molecule has 0 aliphatic carbocycles. The second-order valence-corrected chi connectivity index (χ2v) is 11.3. The summed E-state index contributed by atoms with van der Waals surface area (Å²) >= 11 is 0. The molecule has 0 bridgehead atoms. The second-order valence-electron chi connectivity index (χ2n) is 11.3. The predicted molar refractivity (Wildman–Crippen MR) is 120 cm³/mol. The molecule has 0 spiro atoms. The van der Waals surface area contributed by atoms with Crippen molar-refractivity contribution in [3.63, 3.8) is 0 Å². The SMILES string of the molecule is CC(C)(C)OO.CC(C)(C)OOC(C)(C)c1ccccc1C(C)(C)OOC(C)(C)C. The molecule has 6 heteroatoms. The van der Waals surface area contributed by atoms with Crippen molar-refractivity contribution in [2.75, 3.05) is 0 Å². The first-order valence-electron chi connectivity index (χ1n) is 10.4. The van der Waals surface area contributed by atoms with Crippen LogP contribution in [0.15, 0.2) is 24.3 Å². The van der Waals surface area contributed by atoms with Crippen molar-refractivity contribution in [3.8, 4) is 0 Å². The number of hydrogen-bond donors (Lipinski definition) is 1. The summed E-state index contributed by atoms with van der Waals surface area (Å²) in [6, 6.07) is 8.04. The van der Waals surface area contributed by atoms with Gasteiger partial charge in [0.05, 0.1) is 16.8 Å². The third kappa shape index (κ3) is 12.0. The van der Waals surface area contributed by atoms with Crippen molar-refractivity contribution in [1.29, 1.82) is 0 Å². The van der Waals surface area contributed by atoms with Crippen LogP contribution in [0.4, 0.5) is 0 Å². The summed E-state index contributed by atoms with van der Waals surface area (Å²) in [6.07, 6.45) is 0. The van der Waals surface area contributed by atoms with Gasteiger partial charge < -0.3 is 0 Å². The quantitative estimate of drug-likeness (QED) is 0.392. The topological polar surface area (TPSA) is 66.4 Å². The van der Waals surface area contributed by atoms with Gasteiger partial charge in [-0.25, -0.2) is 24.4 Å². The van der Waals surface area contributed by atoms with E-state index in [1.54, 1.807) is 20.8 Å².